The quantitative estimate of drug-likeness (QED) is 0.459. The third-order valence-corrected chi connectivity index (χ3v) is 5.39. The molecule has 1 unspecified atom stereocenters. The van der Waals surface area contributed by atoms with Crippen LogP contribution in [0.3, 0.4) is 0 Å². The second kappa shape index (κ2) is 7.75. The number of pyridine rings is 1. The molecule has 0 saturated heterocycles. The van der Waals surface area contributed by atoms with Crippen molar-refractivity contribution in [3.05, 3.63) is 75.6 Å². The standard InChI is InChI=1S/C21H18ClF3N3O2/c1-30-20-18(13-5-3-2-4-6-13)19(29)28-15(14-7-9-16(22)26-11-14)8-10-17(28)27(20)12-21(23,24)25/h2-7,9,11,15H,8,10,12H2,1H3/q+1. The van der Waals surface area contributed by atoms with Crippen molar-refractivity contribution < 1.29 is 22.5 Å². The van der Waals surface area contributed by atoms with Crippen molar-refractivity contribution in [1.29, 1.82) is 0 Å². The summed E-state index contributed by atoms with van der Waals surface area (Å²) < 4.78 is 48.2. The summed E-state index contributed by atoms with van der Waals surface area (Å²) in [5.41, 5.74) is 0.900. The third kappa shape index (κ3) is 3.67. The number of nitrogens with zero attached hydrogens (tertiary/aromatic N) is 3. The van der Waals surface area contributed by atoms with Crippen molar-refractivity contribution in [3.63, 3.8) is 0 Å². The van der Waals surface area contributed by atoms with Crippen molar-refractivity contribution in [2.75, 3.05) is 7.11 Å². The van der Waals surface area contributed by atoms with Gasteiger partial charge in [0.2, 0.25) is 0 Å². The Kier molecular flexibility index (Phi) is 5.27. The molecule has 0 bridgehead atoms. The second-order valence-corrected chi connectivity index (χ2v) is 7.40. The number of hydrogen-bond acceptors (Lipinski definition) is 3. The number of ether oxygens (including phenoxy) is 1. The van der Waals surface area contributed by atoms with E-state index in [2.05, 4.69) is 4.98 Å². The topological polar surface area (TPSA) is 48.0 Å². The van der Waals surface area contributed by atoms with Gasteiger partial charge < -0.3 is 4.74 Å². The van der Waals surface area contributed by atoms with Crippen LogP contribution >= 0.6 is 11.6 Å². The smallest absolute Gasteiger partial charge is 0.426 e. The lowest BCUT2D eigenvalue weighted by Crippen LogP contribution is -2.50. The minimum atomic E-state index is -4.48. The van der Waals surface area contributed by atoms with Crippen molar-refractivity contribution in [1.82, 2.24) is 9.55 Å². The molecule has 1 aliphatic rings. The normalized spacial score (nSPS) is 15.8. The van der Waals surface area contributed by atoms with Crippen LogP contribution in [0.4, 0.5) is 13.2 Å². The van der Waals surface area contributed by atoms with Gasteiger partial charge in [0.15, 0.2) is 12.1 Å². The van der Waals surface area contributed by atoms with Gasteiger partial charge in [-0.1, -0.05) is 48.0 Å². The van der Waals surface area contributed by atoms with Crippen LogP contribution in [0, 0.1) is 0 Å². The Morgan fingerprint density at radius 2 is 1.97 bits per heavy atom. The van der Waals surface area contributed by atoms with Crippen molar-refractivity contribution in [2.24, 2.45) is 0 Å². The van der Waals surface area contributed by atoms with E-state index in [1.165, 1.54) is 11.7 Å². The maximum absolute atomic E-state index is 13.6. The van der Waals surface area contributed by atoms with E-state index >= 15 is 0 Å². The number of hydrogen-bond donors (Lipinski definition) is 0. The Morgan fingerprint density at radius 3 is 2.57 bits per heavy atom. The van der Waals surface area contributed by atoms with E-state index in [0.717, 1.165) is 4.57 Å². The molecular weight excluding hydrogens is 419 g/mol. The number of methoxy groups -OCH3 is 1. The zero-order chi connectivity index (χ0) is 21.5. The summed E-state index contributed by atoms with van der Waals surface area (Å²) in [6, 6.07) is 11.5. The zero-order valence-corrected chi connectivity index (χ0v) is 16.7. The maximum Gasteiger partial charge on any atom is 0.426 e. The van der Waals surface area contributed by atoms with Gasteiger partial charge in [0.25, 0.3) is 11.7 Å². The summed E-state index contributed by atoms with van der Waals surface area (Å²) >= 11 is 5.87. The summed E-state index contributed by atoms with van der Waals surface area (Å²) in [5, 5.41) is 0.302. The number of rotatable bonds is 4. The van der Waals surface area contributed by atoms with Gasteiger partial charge in [-0.05, 0) is 11.6 Å². The van der Waals surface area contributed by atoms with Crippen LogP contribution in [0.5, 0.6) is 5.88 Å². The molecule has 0 N–H and O–H groups in total. The van der Waals surface area contributed by atoms with Gasteiger partial charge in [-0.2, -0.15) is 22.3 Å². The van der Waals surface area contributed by atoms with Gasteiger partial charge in [0, 0.05) is 18.2 Å². The first-order valence-corrected chi connectivity index (χ1v) is 9.67. The van der Waals surface area contributed by atoms with Crippen molar-refractivity contribution >= 4 is 11.6 Å². The van der Waals surface area contributed by atoms with E-state index < -0.39 is 24.3 Å². The number of halogens is 4. The minimum absolute atomic E-state index is 0.0929. The fourth-order valence-electron chi connectivity index (χ4n) is 3.99. The predicted octanol–water partition coefficient (Wildman–Crippen LogP) is 3.96. The van der Waals surface area contributed by atoms with E-state index in [-0.39, 0.29) is 17.3 Å². The van der Waals surface area contributed by atoms with Crippen LogP contribution < -0.4 is 14.9 Å². The average Bonchev–Trinajstić information content (AvgIpc) is 3.15. The molecule has 0 spiro atoms. The first-order chi connectivity index (χ1) is 14.3. The molecule has 156 valence electrons. The molecular formula is C21H18ClF3N3O2+. The van der Waals surface area contributed by atoms with Crippen LogP contribution in [0.1, 0.15) is 23.9 Å². The summed E-state index contributed by atoms with van der Waals surface area (Å²) in [6.07, 6.45) is -2.17. The van der Waals surface area contributed by atoms with E-state index in [1.807, 2.05) is 0 Å². The number of alkyl halides is 3. The van der Waals surface area contributed by atoms with Crippen molar-refractivity contribution in [3.8, 4) is 17.0 Å². The van der Waals surface area contributed by atoms with Gasteiger partial charge in [0.1, 0.15) is 11.2 Å². The molecule has 30 heavy (non-hydrogen) atoms. The van der Waals surface area contributed by atoms with Gasteiger partial charge in [-0.25, -0.2) is 9.78 Å². The molecule has 0 saturated carbocycles. The fraction of sp³-hybridized carbons (Fsp3) is 0.286. The highest BCUT2D eigenvalue weighted by Gasteiger charge is 2.43. The van der Waals surface area contributed by atoms with Crippen LogP contribution in [-0.4, -0.2) is 22.8 Å². The lowest BCUT2D eigenvalue weighted by molar-refractivity contribution is -0.732. The van der Waals surface area contributed by atoms with Crippen molar-refractivity contribution in [2.45, 2.75) is 31.6 Å². The highest BCUT2D eigenvalue weighted by atomic mass is 35.5. The monoisotopic (exact) mass is 436 g/mol. The first kappa shape index (κ1) is 20.4. The Labute approximate surface area is 175 Å². The molecule has 1 aromatic carbocycles. The van der Waals surface area contributed by atoms with E-state index in [0.29, 0.717) is 29.1 Å². The van der Waals surface area contributed by atoms with Gasteiger partial charge >= 0.3 is 11.7 Å². The molecule has 5 nitrogen and oxygen atoms in total. The first-order valence-electron chi connectivity index (χ1n) is 9.29. The Hall–Kier alpha value is -2.87. The molecule has 2 aromatic heterocycles. The molecule has 3 heterocycles. The minimum Gasteiger partial charge on any atom is -0.465 e. The van der Waals surface area contributed by atoms with E-state index in [9.17, 15) is 18.0 Å². The SMILES string of the molecule is COc1c(-c2ccccc2)c(=O)n2c([n+]1CC(F)(F)F)CCC2c1ccc(Cl)nc1. The van der Waals surface area contributed by atoms with Crippen LogP contribution in [0.25, 0.3) is 11.1 Å². The molecule has 0 fully saturated rings. The van der Waals surface area contributed by atoms with Crippen LogP contribution in [0.2, 0.25) is 5.15 Å². The third-order valence-electron chi connectivity index (χ3n) is 5.16. The highest BCUT2D eigenvalue weighted by molar-refractivity contribution is 6.29. The highest BCUT2D eigenvalue weighted by Crippen LogP contribution is 2.33. The average molecular weight is 437 g/mol. The van der Waals surface area contributed by atoms with Gasteiger partial charge in [-0.3, -0.25) is 0 Å². The molecule has 0 amide bonds. The Balaban J connectivity index is 2.01. The number of benzene rings is 1. The molecule has 0 aliphatic carbocycles. The summed E-state index contributed by atoms with van der Waals surface area (Å²) in [5.74, 6) is 0.179. The molecule has 9 heteroatoms. The zero-order valence-electron chi connectivity index (χ0n) is 16.0. The summed E-state index contributed by atoms with van der Waals surface area (Å²) in [6.45, 7) is -1.25. The lowest BCUT2D eigenvalue weighted by atomic mass is 10.1. The van der Waals surface area contributed by atoms with Gasteiger partial charge in [0.05, 0.1) is 13.5 Å². The van der Waals surface area contributed by atoms with Crippen LogP contribution in [-0.2, 0) is 13.0 Å². The van der Waals surface area contributed by atoms with E-state index in [1.54, 1.807) is 48.7 Å². The number of aromatic nitrogens is 3. The lowest BCUT2D eigenvalue weighted by Gasteiger charge is -2.17. The molecule has 1 aliphatic heterocycles. The maximum atomic E-state index is 13.6. The van der Waals surface area contributed by atoms with Crippen LogP contribution in [0.15, 0.2) is 53.5 Å². The molecule has 3 aromatic rings. The Bertz CT molecular complexity index is 1130. The van der Waals surface area contributed by atoms with Gasteiger partial charge in [-0.15, -0.1) is 0 Å². The summed E-state index contributed by atoms with van der Waals surface area (Å²) in [4.78, 5) is 17.6. The second-order valence-electron chi connectivity index (χ2n) is 7.01. The Morgan fingerprint density at radius 1 is 1.23 bits per heavy atom. The van der Waals surface area contributed by atoms with E-state index in [4.69, 9.17) is 16.3 Å². The molecule has 4 rings (SSSR count). The number of fused-ring (bicyclic) bond motifs is 1. The molecule has 1 atom stereocenters. The predicted molar refractivity (Wildman–Crippen MR) is 105 cm³/mol. The summed E-state index contributed by atoms with van der Waals surface area (Å²) in [7, 11) is 1.28. The fourth-order valence-corrected chi connectivity index (χ4v) is 4.10. The molecule has 0 radical (unpaired) electrons. The largest absolute Gasteiger partial charge is 0.465 e.